The highest BCUT2D eigenvalue weighted by atomic mass is 127. The first-order valence-corrected chi connectivity index (χ1v) is 7.78. The van der Waals surface area contributed by atoms with Crippen LogP contribution in [0.25, 0.3) is 0 Å². The van der Waals surface area contributed by atoms with E-state index in [4.69, 9.17) is 4.74 Å². The van der Waals surface area contributed by atoms with Crippen LogP contribution in [0.15, 0.2) is 35.6 Å². The number of halogens is 1. The SMILES string of the molecule is CN=C(NCc1cn[nH]c1C)N1CCC(Oc2ccccn2)C1.I. The van der Waals surface area contributed by atoms with E-state index in [1.54, 1.807) is 13.2 Å². The Hall–Kier alpha value is -1.84. The van der Waals surface area contributed by atoms with Crippen LogP contribution in [0.4, 0.5) is 0 Å². The van der Waals surface area contributed by atoms with E-state index in [-0.39, 0.29) is 30.1 Å². The molecule has 1 saturated heterocycles. The number of likely N-dealkylation sites (tertiary alicyclic amines) is 1. The van der Waals surface area contributed by atoms with E-state index in [0.29, 0.717) is 12.4 Å². The van der Waals surface area contributed by atoms with Crippen molar-refractivity contribution in [2.45, 2.75) is 26.0 Å². The molecule has 1 unspecified atom stereocenters. The lowest BCUT2D eigenvalue weighted by Gasteiger charge is -2.21. The number of ether oxygens (including phenoxy) is 1. The van der Waals surface area contributed by atoms with Gasteiger partial charge in [-0.25, -0.2) is 4.98 Å². The summed E-state index contributed by atoms with van der Waals surface area (Å²) in [5.41, 5.74) is 2.22. The zero-order valence-electron chi connectivity index (χ0n) is 13.9. The summed E-state index contributed by atoms with van der Waals surface area (Å²) >= 11 is 0. The van der Waals surface area contributed by atoms with Gasteiger partial charge < -0.3 is 15.0 Å². The van der Waals surface area contributed by atoms with E-state index in [1.807, 2.05) is 31.3 Å². The lowest BCUT2D eigenvalue weighted by Crippen LogP contribution is -2.40. The maximum absolute atomic E-state index is 5.92. The lowest BCUT2D eigenvalue weighted by molar-refractivity contribution is 0.205. The second-order valence-electron chi connectivity index (χ2n) is 5.56. The predicted octanol–water partition coefficient (Wildman–Crippen LogP) is 1.96. The van der Waals surface area contributed by atoms with E-state index >= 15 is 0 Å². The van der Waals surface area contributed by atoms with Crippen LogP contribution < -0.4 is 10.1 Å². The van der Waals surface area contributed by atoms with Gasteiger partial charge >= 0.3 is 0 Å². The van der Waals surface area contributed by atoms with Crippen molar-refractivity contribution in [2.24, 2.45) is 4.99 Å². The van der Waals surface area contributed by atoms with Gasteiger partial charge in [-0.2, -0.15) is 5.10 Å². The summed E-state index contributed by atoms with van der Waals surface area (Å²) in [6.45, 7) is 4.44. The van der Waals surface area contributed by atoms with Gasteiger partial charge in [-0.05, 0) is 13.0 Å². The molecule has 2 N–H and O–H groups in total. The van der Waals surface area contributed by atoms with E-state index in [2.05, 4.69) is 30.4 Å². The summed E-state index contributed by atoms with van der Waals surface area (Å²) in [6, 6.07) is 5.71. The first-order valence-electron chi connectivity index (χ1n) is 7.78. The summed E-state index contributed by atoms with van der Waals surface area (Å²) in [7, 11) is 1.80. The predicted molar refractivity (Wildman–Crippen MR) is 104 cm³/mol. The number of hydrogen-bond donors (Lipinski definition) is 2. The van der Waals surface area contributed by atoms with Gasteiger partial charge in [0.1, 0.15) is 6.10 Å². The Morgan fingerprint density at radius 3 is 3.04 bits per heavy atom. The number of aryl methyl sites for hydroxylation is 1. The fourth-order valence-electron chi connectivity index (χ4n) is 2.66. The number of guanidine groups is 1. The van der Waals surface area contributed by atoms with Crippen LogP contribution in [-0.4, -0.2) is 52.3 Å². The monoisotopic (exact) mass is 442 g/mol. The second kappa shape index (κ2) is 8.86. The molecular weight excluding hydrogens is 419 g/mol. The number of aromatic nitrogens is 3. The Balaban J connectivity index is 0.00000208. The van der Waals surface area contributed by atoms with Gasteiger partial charge in [0, 0.05) is 50.1 Å². The topological polar surface area (TPSA) is 78.4 Å². The van der Waals surface area contributed by atoms with Crippen molar-refractivity contribution >= 4 is 29.9 Å². The standard InChI is InChI=1S/C16H22N6O.HI/c1-12-13(10-20-21-12)9-19-16(17-2)22-8-6-14(11-22)23-15-5-3-4-7-18-15;/h3-5,7,10,14H,6,8-9,11H2,1-2H3,(H,17,19)(H,20,21);1H. The summed E-state index contributed by atoms with van der Waals surface area (Å²) in [5.74, 6) is 1.56. The first-order chi connectivity index (χ1) is 11.3. The molecule has 130 valence electrons. The number of aliphatic imine (C=N–C) groups is 1. The summed E-state index contributed by atoms with van der Waals surface area (Å²) in [6.07, 6.45) is 4.68. The van der Waals surface area contributed by atoms with E-state index in [0.717, 1.165) is 36.7 Å². The summed E-state index contributed by atoms with van der Waals surface area (Å²) < 4.78 is 5.92. The highest BCUT2D eigenvalue weighted by molar-refractivity contribution is 14.0. The van der Waals surface area contributed by atoms with Gasteiger partial charge in [-0.15, -0.1) is 24.0 Å². The van der Waals surface area contributed by atoms with Crippen LogP contribution in [0.3, 0.4) is 0 Å². The van der Waals surface area contributed by atoms with Crippen molar-refractivity contribution in [3.63, 3.8) is 0 Å². The normalized spacial score (nSPS) is 17.5. The Bertz CT molecular complexity index is 660. The van der Waals surface area contributed by atoms with Gasteiger partial charge in [0.2, 0.25) is 5.88 Å². The van der Waals surface area contributed by atoms with Crippen LogP contribution in [-0.2, 0) is 6.54 Å². The Labute approximate surface area is 158 Å². The minimum Gasteiger partial charge on any atom is -0.472 e. The molecule has 0 aliphatic carbocycles. The van der Waals surface area contributed by atoms with Gasteiger partial charge in [-0.1, -0.05) is 6.07 Å². The zero-order chi connectivity index (χ0) is 16.1. The van der Waals surface area contributed by atoms with E-state index in [1.165, 1.54) is 0 Å². The number of rotatable bonds is 4. The minimum absolute atomic E-state index is 0. The van der Waals surface area contributed by atoms with Crippen LogP contribution in [0.1, 0.15) is 17.7 Å². The third kappa shape index (κ3) is 4.59. The molecule has 7 nitrogen and oxygen atoms in total. The Morgan fingerprint density at radius 1 is 1.50 bits per heavy atom. The molecule has 0 amide bonds. The number of nitrogens with one attached hydrogen (secondary N) is 2. The lowest BCUT2D eigenvalue weighted by atomic mass is 10.3. The maximum atomic E-state index is 5.92. The molecule has 1 aliphatic heterocycles. The molecule has 0 bridgehead atoms. The van der Waals surface area contributed by atoms with Crippen molar-refractivity contribution in [2.75, 3.05) is 20.1 Å². The third-order valence-corrected chi connectivity index (χ3v) is 3.95. The van der Waals surface area contributed by atoms with Gasteiger partial charge in [0.25, 0.3) is 0 Å². The molecular formula is C16H23IN6O. The maximum Gasteiger partial charge on any atom is 0.213 e. The van der Waals surface area contributed by atoms with Crippen molar-refractivity contribution in [3.05, 3.63) is 41.9 Å². The quantitative estimate of drug-likeness (QED) is 0.430. The number of aromatic amines is 1. The minimum atomic E-state index is 0. The number of hydrogen-bond acceptors (Lipinski definition) is 4. The van der Waals surface area contributed by atoms with Crippen LogP contribution in [0.5, 0.6) is 5.88 Å². The number of nitrogens with zero attached hydrogens (tertiary/aromatic N) is 4. The molecule has 1 aliphatic rings. The molecule has 1 fully saturated rings. The van der Waals surface area contributed by atoms with Gasteiger partial charge in [0.05, 0.1) is 12.7 Å². The molecule has 2 aromatic rings. The molecule has 8 heteroatoms. The van der Waals surface area contributed by atoms with E-state index < -0.39 is 0 Å². The summed E-state index contributed by atoms with van der Waals surface area (Å²) in [5, 5.41) is 10.4. The molecule has 0 aromatic carbocycles. The van der Waals surface area contributed by atoms with Crippen molar-refractivity contribution < 1.29 is 4.74 Å². The van der Waals surface area contributed by atoms with Gasteiger partial charge in [-0.3, -0.25) is 10.1 Å². The smallest absolute Gasteiger partial charge is 0.213 e. The third-order valence-electron chi connectivity index (χ3n) is 3.95. The first kappa shape index (κ1) is 18.5. The van der Waals surface area contributed by atoms with Crippen LogP contribution in [0.2, 0.25) is 0 Å². The molecule has 3 rings (SSSR count). The molecule has 24 heavy (non-hydrogen) atoms. The molecule has 3 heterocycles. The summed E-state index contributed by atoms with van der Waals surface area (Å²) in [4.78, 5) is 10.8. The van der Waals surface area contributed by atoms with E-state index in [9.17, 15) is 0 Å². The van der Waals surface area contributed by atoms with Gasteiger partial charge in [0.15, 0.2) is 5.96 Å². The van der Waals surface area contributed by atoms with Crippen molar-refractivity contribution in [1.29, 1.82) is 0 Å². The fourth-order valence-corrected chi connectivity index (χ4v) is 2.66. The Morgan fingerprint density at radius 2 is 2.38 bits per heavy atom. The van der Waals surface area contributed by atoms with Crippen LogP contribution >= 0.6 is 24.0 Å². The molecule has 1 atom stereocenters. The number of pyridine rings is 1. The zero-order valence-corrected chi connectivity index (χ0v) is 16.2. The molecule has 2 aromatic heterocycles. The molecule has 0 spiro atoms. The second-order valence-corrected chi connectivity index (χ2v) is 5.56. The number of H-pyrrole nitrogens is 1. The van der Waals surface area contributed by atoms with Crippen LogP contribution in [0, 0.1) is 6.92 Å². The average Bonchev–Trinajstić information content (AvgIpc) is 3.19. The highest BCUT2D eigenvalue weighted by Gasteiger charge is 2.26. The van der Waals surface area contributed by atoms with Crippen molar-refractivity contribution in [3.8, 4) is 5.88 Å². The van der Waals surface area contributed by atoms with Crippen molar-refractivity contribution in [1.82, 2.24) is 25.4 Å². The molecule has 0 saturated carbocycles. The highest BCUT2D eigenvalue weighted by Crippen LogP contribution is 2.16. The fraction of sp³-hybridized carbons (Fsp3) is 0.438. The Kier molecular flexibility index (Phi) is 6.83. The average molecular weight is 442 g/mol. The largest absolute Gasteiger partial charge is 0.472 e. The molecule has 0 radical (unpaired) electrons.